The van der Waals surface area contributed by atoms with Crippen molar-refractivity contribution in [2.24, 2.45) is 12.2 Å². The molecule has 0 saturated carbocycles. The topological polar surface area (TPSA) is 78.7 Å². The van der Waals surface area contributed by atoms with Crippen LogP contribution >= 0.6 is 0 Å². The monoisotopic (exact) mass is 285 g/mol. The van der Waals surface area contributed by atoms with Gasteiger partial charge in [-0.3, -0.25) is 0 Å². The van der Waals surface area contributed by atoms with Crippen LogP contribution in [0.1, 0.15) is 0 Å². The lowest BCUT2D eigenvalue weighted by Crippen LogP contribution is -3.00. The van der Waals surface area contributed by atoms with Crippen molar-refractivity contribution in [1.82, 2.24) is 0 Å². The van der Waals surface area contributed by atoms with E-state index in [2.05, 4.69) is 20.7 Å². The fraction of sp³-hybridized carbons (Fsp3) is 0.0714. The smallest absolute Gasteiger partial charge is 0.214 e. The summed E-state index contributed by atoms with van der Waals surface area (Å²) in [5.74, 6) is 0. The second kappa shape index (κ2) is 5.25. The molecule has 3 rings (SSSR count). The molecule has 0 radical (unpaired) electrons. The quantitative estimate of drug-likeness (QED) is 0.172. The first kappa shape index (κ1) is 13.9. The van der Waals surface area contributed by atoms with Crippen molar-refractivity contribution in [3.8, 4) is 0 Å². The number of nitrogen functional groups attached to an aromatic ring is 1. The summed E-state index contributed by atoms with van der Waals surface area (Å²) in [6, 6.07) is 13.6. The third kappa shape index (κ3) is 2.20. The molecule has 0 unspecified atom stereocenters. The lowest BCUT2D eigenvalue weighted by Gasteiger charge is -2.03. The molecule has 0 amide bonds. The van der Waals surface area contributed by atoms with Crippen LogP contribution in [0.5, 0.6) is 0 Å². The van der Waals surface area contributed by atoms with Crippen molar-refractivity contribution >= 4 is 33.2 Å². The number of rotatable bonds is 1. The number of hydrogen-bond donors (Lipinski definition) is 1. The Labute approximate surface area is 121 Å². The van der Waals surface area contributed by atoms with Crippen LogP contribution in [0.2, 0.25) is 0 Å². The molecule has 5 nitrogen and oxygen atoms in total. The van der Waals surface area contributed by atoms with Crippen LogP contribution < -0.4 is 22.7 Å². The summed E-state index contributed by atoms with van der Waals surface area (Å²) >= 11 is 0. The highest BCUT2D eigenvalue weighted by atomic mass is 35.5. The lowest BCUT2D eigenvalue weighted by molar-refractivity contribution is -0.617. The third-order valence-corrected chi connectivity index (χ3v) is 3.26. The van der Waals surface area contributed by atoms with Gasteiger partial charge in [-0.05, 0) is 29.8 Å². The van der Waals surface area contributed by atoms with Crippen molar-refractivity contribution in [2.75, 3.05) is 5.73 Å². The minimum absolute atomic E-state index is 0. The Bertz CT molecular complexity index is 853. The SMILES string of the molecule is C[n+]1c2cc(N)ccc2cc2ccc(N=[N+]=[N-])cc21.[Cl-]. The molecule has 0 aliphatic heterocycles. The molecule has 0 spiro atoms. The van der Waals surface area contributed by atoms with E-state index in [-0.39, 0.29) is 12.4 Å². The van der Waals surface area contributed by atoms with Gasteiger partial charge in [0.05, 0.1) is 0 Å². The zero-order valence-corrected chi connectivity index (χ0v) is 11.5. The van der Waals surface area contributed by atoms with Crippen LogP contribution in [0, 0.1) is 0 Å². The number of fused-ring (bicyclic) bond motifs is 2. The molecule has 100 valence electrons. The highest BCUT2D eigenvalue weighted by Crippen LogP contribution is 2.23. The summed E-state index contributed by atoms with van der Waals surface area (Å²) < 4.78 is 2.05. The maximum Gasteiger partial charge on any atom is 0.214 e. The molecule has 6 heteroatoms. The average molecular weight is 286 g/mol. The molecule has 1 heterocycles. The molecule has 0 atom stereocenters. The Morgan fingerprint density at radius 3 is 2.40 bits per heavy atom. The van der Waals surface area contributed by atoms with Gasteiger partial charge in [-0.25, -0.2) is 0 Å². The Morgan fingerprint density at radius 2 is 1.70 bits per heavy atom. The van der Waals surface area contributed by atoms with E-state index in [1.165, 1.54) is 0 Å². The van der Waals surface area contributed by atoms with Gasteiger partial charge in [-0.15, -0.1) is 0 Å². The Kier molecular flexibility index (Phi) is 3.66. The number of pyridine rings is 1. The van der Waals surface area contributed by atoms with E-state index in [0.29, 0.717) is 5.69 Å². The highest BCUT2D eigenvalue weighted by Gasteiger charge is 2.12. The molecule has 3 aromatic rings. The summed E-state index contributed by atoms with van der Waals surface area (Å²) in [7, 11) is 1.98. The number of azide groups is 1. The largest absolute Gasteiger partial charge is 1.00 e. The molecule has 0 aliphatic carbocycles. The summed E-state index contributed by atoms with van der Waals surface area (Å²) in [4.78, 5) is 2.81. The fourth-order valence-electron chi connectivity index (χ4n) is 2.33. The van der Waals surface area contributed by atoms with Gasteiger partial charge in [-0.1, -0.05) is 11.2 Å². The average Bonchev–Trinajstić information content (AvgIpc) is 2.41. The van der Waals surface area contributed by atoms with Crippen LogP contribution in [0.4, 0.5) is 11.4 Å². The third-order valence-electron chi connectivity index (χ3n) is 3.26. The molecule has 2 aromatic carbocycles. The van der Waals surface area contributed by atoms with Gasteiger partial charge in [-0.2, -0.15) is 4.57 Å². The normalized spacial score (nSPS) is 10.1. The maximum atomic E-state index is 8.50. The Balaban J connectivity index is 0.00000147. The number of hydrogen-bond acceptors (Lipinski definition) is 2. The van der Waals surface area contributed by atoms with E-state index in [4.69, 9.17) is 11.3 Å². The van der Waals surface area contributed by atoms with Crippen molar-refractivity contribution in [3.05, 3.63) is 52.9 Å². The lowest BCUT2D eigenvalue weighted by atomic mass is 10.1. The van der Waals surface area contributed by atoms with E-state index >= 15 is 0 Å². The zero-order chi connectivity index (χ0) is 13.4. The van der Waals surface area contributed by atoms with Crippen LogP contribution in [0.25, 0.3) is 32.2 Å². The number of aromatic nitrogens is 1. The van der Waals surface area contributed by atoms with E-state index in [1.54, 1.807) is 0 Å². The second-order valence-corrected chi connectivity index (χ2v) is 4.45. The fourth-order valence-corrected chi connectivity index (χ4v) is 2.33. The van der Waals surface area contributed by atoms with Crippen LogP contribution in [0.15, 0.2) is 47.6 Å². The van der Waals surface area contributed by atoms with Crippen LogP contribution in [-0.2, 0) is 7.05 Å². The Morgan fingerprint density at radius 1 is 1.05 bits per heavy atom. The van der Waals surface area contributed by atoms with Crippen LogP contribution in [0.3, 0.4) is 0 Å². The molecule has 0 fully saturated rings. The van der Waals surface area contributed by atoms with Gasteiger partial charge >= 0.3 is 0 Å². The van der Waals surface area contributed by atoms with Gasteiger partial charge < -0.3 is 18.1 Å². The number of nitrogens with zero attached hydrogens (tertiary/aromatic N) is 4. The van der Waals surface area contributed by atoms with Crippen molar-refractivity contribution in [2.45, 2.75) is 0 Å². The Hall–Kier alpha value is -2.49. The standard InChI is InChI=1S/C14H11N5.ClH/c1-19-13-7-11(15)4-2-9(13)6-10-3-5-12(17-18-16)8-14(10)19;/h2-8,15H,1H3;1H. The van der Waals surface area contributed by atoms with Crippen molar-refractivity contribution in [1.29, 1.82) is 0 Å². The highest BCUT2D eigenvalue weighted by molar-refractivity contribution is 5.90. The van der Waals surface area contributed by atoms with Crippen LogP contribution in [-0.4, -0.2) is 0 Å². The molecule has 1 aromatic heterocycles. The summed E-state index contributed by atoms with van der Waals surface area (Å²) in [5, 5.41) is 5.86. The van der Waals surface area contributed by atoms with E-state index in [9.17, 15) is 0 Å². The molecular formula is C14H12ClN5. The summed E-state index contributed by atoms with van der Waals surface area (Å²) in [6.45, 7) is 0. The zero-order valence-electron chi connectivity index (χ0n) is 10.8. The van der Waals surface area contributed by atoms with Gasteiger partial charge in [0.15, 0.2) is 0 Å². The summed E-state index contributed by atoms with van der Waals surface area (Å²) in [6.07, 6.45) is 0. The van der Waals surface area contributed by atoms with Gasteiger partial charge in [0.1, 0.15) is 7.05 Å². The molecule has 0 aliphatic rings. The maximum absolute atomic E-state index is 8.50. The number of nitrogens with two attached hydrogens (primary N) is 1. The number of anilines is 1. The molecule has 0 saturated heterocycles. The van der Waals surface area contributed by atoms with E-state index in [1.807, 2.05) is 43.4 Å². The first-order chi connectivity index (χ1) is 9.19. The predicted molar refractivity (Wildman–Crippen MR) is 75.8 cm³/mol. The van der Waals surface area contributed by atoms with E-state index < -0.39 is 0 Å². The van der Waals surface area contributed by atoms with Crippen molar-refractivity contribution in [3.63, 3.8) is 0 Å². The summed E-state index contributed by atoms with van der Waals surface area (Å²) in [5.41, 5.74) is 17.7. The minimum atomic E-state index is 0. The molecular weight excluding hydrogens is 274 g/mol. The molecule has 0 bridgehead atoms. The first-order valence-corrected chi connectivity index (χ1v) is 5.86. The van der Waals surface area contributed by atoms with Gasteiger partial charge in [0, 0.05) is 39.2 Å². The molecule has 2 N–H and O–H groups in total. The first-order valence-electron chi connectivity index (χ1n) is 5.86. The van der Waals surface area contributed by atoms with Gasteiger partial charge in [0.2, 0.25) is 11.0 Å². The van der Waals surface area contributed by atoms with E-state index in [0.717, 1.165) is 27.5 Å². The predicted octanol–water partition coefficient (Wildman–Crippen LogP) is 0.345. The number of halogens is 1. The van der Waals surface area contributed by atoms with Crippen molar-refractivity contribution < 1.29 is 17.0 Å². The van der Waals surface area contributed by atoms with Gasteiger partial charge in [0.25, 0.3) is 0 Å². The second-order valence-electron chi connectivity index (χ2n) is 4.45. The molecule has 20 heavy (non-hydrogen) atoms. The minimum Gasteiger partial charge on any atom is -1.00 e. The number of aryl methyl sites for hydroxylation is 1. The number of benzene rings is 2.